The number of hydrogen-bond acceptors (Lipinski definition) is 2. The van der Waals surface area contributed by atoms with Crippen LogP contribution < -0.4 is 4.74 Å². The largest absolute Gasteiger partial charge is 0.493 e. The van der Waals surface area contributed by atoms with Gasteiger partial charge in [0.15, 0.2) is 0 Å². The Labute approximate surface area is 111 Å². The van der Waals surface area contributed by atoms with Gasteiger partial charge >= 0.3 is 0 Å². The van der Waals surface area contributed by atoms with Crippen LogP contribution in [0.15, 0.2) is 22.7 Å². The molecule has 1 saturated carbocycles. The van der Waals surface area contributed by atoms with Gasteiger partial charge in [-0.25, -0.2) is 0 Å². The monoisotopic (exact) mass is 298 g/mol. The van der Waals surface area contributed by atoms with Crippen molar-refractivity contribution in [3.8, 4) is 5.75 Å². The van der Waals surface area contributed by atoms with Gasteiger partial charge in [0.25, 0.3) is 0 Å². The minimum Gasteiger partial charge on any atom is -0.493 e. The highest BCUT2D eigenvalue weighted by atomic mass is 79.9. The van der Waals surface area contributed by atoms with E-state index in [2.05, 4.69) is 15.9 Å². The van der Waals surface area contributed by atoms with Crippen molar-refractivity contribution in [2.45, 2.75) is 38.7 Å². The Kier molecular flexibility index (Phi) is 4.46. The average Bonchev–Trinajstić information content (AvgIpc) is 2.80. The SMILES string of the molecule is CC(O)c1cc(Br)ccc1OCC1CCCC1. The molecule has 0 heterocycles. The third-order valence-electron chi connectivity index (χ3n) is 3.37. The summed E-state index contributed by atoms with van der Waals surface area (Å²) in [6.45, 7) is 2.55. The molecule has 0 bridgehead atoms. The zero-order valence-electron chi connectivity index (χ0n) is 10.2. The summed E-state index contributed by atoms with van der Waals surface area (Å²) in [5, 5.41) is 9.72. The summed E-state index contributed by atoms with van der Waals surface area (Å²) in [4.78, 5) is 0. The molecule has 2 rings (SSSR count). The average molecular weight is 299 g/mol. The van der Waals surface area contributed by atoms with Crippen molar-refractivity contribution in [3.63, 3.8) is 0 Å². The molecule has 1 aliphatic rings. The van der Waals surface area contributed by atoms with Crippen LogP contribution in [-0.2, 0) is 0 Å². The van der Waals surface area contributed by atoms with E-state index in [1.807, 2.05) is 18.2 Å². The second-order valence-corrected chi connectivity index (χ2v) is 5.74. The fourth-order valence-electron chi connectivity index (χ4n) is 2.36. The van der Waals surface area contributed by atoms with Crippen molar-refractivity contribution in [3.05, 3.63) is 28.2 Å². The predicted molar refractivity (Wildman–Crippen MR) is 72.2 cm³/mol. The van der Waals surface area contributed by atoms with Crippen LogP contribution in [0.2, 0.25) is 0 Å². The van der Waals surface area contributed by atoms with Crippen LogP contribution >= 0.6 is 15.9 Å². The van der Waals surface area contributed by atoms with Gasteiger partial charge in [0.2, 0.25) is 0 Å². The fourth-order valence-corrected chi connectivity index (χ4v) is 2.74. The van der Waals surface area contributed by atoms with E-state index in [1.54, 1.807) is 6.92 Å². The van der Waals surface area contributed by atoms with Crippen LogP contribution in [0.1, 0.15) is 44.3 Å². The van der Waals surface area contributed by atoms with Crippen molar-refractivity contribution in [2.75, 3.05) is 6.61 Å². The molecule has 1 aromatic carbocycles. The topological polar surface area (TPSA) is 29.5 Å². The fraction of sp³-hybridized carbons (Fsp3) is 0.571. The highest BCUT2D eigenvalue weighted by Gasteiger charge is 2.17. The van der Waals surface area contributed by atoms with Gasteiger partial charge in [0.1, 0.15) is 5.75 Å². The molecule has 0 aliphatic heterocycles. The van der Waals surface area contributed by atoms with Gasteiger partial charge in [-0.05, 0) is 43.9 Å². The Morgan fingerprint density at radius 1 is 1.41 bits per heavy atom. The molecule has 1 fully saturated rings. The van der Waals surface area contributed by atoms with E-state index in [4.69, 9.17) is 4.74 Å². The maximum absolute atomic E-state index is 9.72. The molecule has 1 N–H and O–H groups in total. The van der Waals surface area contributed by atoms with Crippen molar-refractivity contribution in [2.24, 2.45) is 5.92 Å². The van der Waals surface area contributed by atoms with E-state index >= 15 is 0 Å². The number of aliphatic hydroxyl groups excluding tert-OH is 1. The van der Waals surface area contributed by atoms with E-state index in [0.717, 1.165) is 22.4 Å². The van der Waals surface area contributed by atoms with Gasteiger partial charge in [-0.1, -0.05) is 28.8 Å². The molecule has 0 radical (unpaired) electrons. The molecular formula is C14H19BrO2. The van der Waals surface area contributed by atoms with E-state index < -0.39 is 6.10 Å². The summed E-state index contributed by atoms with van der Waals surface area (Å²) in [6, 6.07) is 5.81. The van der Waals surface area contributed by atoms with Crippen molar-refractivity contribution >= 4 is 15.9 Å². The van der Waals surface area contributed by atoms with Gasteiger partial charge in [-0.3, -0.25) is 0 Å². The van der Waals surface area contributed by atoms with Gasteiger partial charge in [-0.2, -0.15) is 0 Å². The molecule has 0 amide bonds. The van der Waals surface area contributed by atoms with E-state index in [0.29, 0.717) is 5.92 Å². The summed E-state index contributed by atoms with van der Waals surface area (Å²) in [6.07, 6.45) is 4.72. The first-order chi connectivity index (χ1) is 8.16. The Morgan fingerprint density at radius 2 is 2.12 bits per heavy atom. The van der Waals surface area contributed by atoms with Crippen LogP contribution in [-0.4, -0.2) is 11.7 Å². The standard InChI is InChI=1S/C14H19BrO2/c1-10(16)13-8-12(15)6-7-14(13)17-9-11-4-2-3-5-11/h6-8,10-11,16H,2-5,9H2,1H3. The van der Waals surface area contributed by atoms with Crippen LogP contribution in [0.4, 0.5) is 0 Å². The first-order valence-corrected chi connectivity index (χ1v) is 7.06. The molecule has 0 spiro atoms. The lowest BCUT2D eigenvalue weighted by atomic mass is 10.1. The molecule has 94 valence electrons. The van der Waals surface area contributed by atoms with Crippen molar-refractivity contribution < 1.29 is 9.84 Å². The van der Waals surface area contributed by atoms with Gasteiger partial charge in [0, 0.05) is 10.0 Å². The molecule has 17 heavy (non-hydrogen) atoms. The van der Waals surface area contributed by atoms with E-state index in [-0.39, 0.29) is 0 Å². The van der Waals surface area contributed by atoms with Crippen molar-refractivity contribution in [1.29, 1.82) is 0 Å². The Balaban J connectivity index is 2.03. The molecule has 0 aromatic heterocycles. The van der Waals surface area contributed by atoms with Crippen molar-refractivity contribution in [1.82, 2.24) is 0 Å². The van der Waals surface area contributed by atoms with Crippen LogP contribution in [0.25, 0.3) is 0 Å². The third-order valence-corrected chi connectivity index (χ3v) is 3.86. The molecule has 2 nitrogen and oxygen atoms in total. The zero-order chi connectivity index (χ0) is 12.3. The summed E-state index contributed by atoms with van der Waals surface area (Å²) >= 11 is 3.42. The quantitative estimate of drug-likeness (QED) is 0.908. The predicted octanol–water partition coefficient (Wildman–Crippen LogP) is 4.07. The lowest BCUT2D eigenvalue weighted by Crippen LogP contribution is -2.09. The second kappa shape index (κ2) is 5.87. The second-order valence-electron chi connectivity index (χ2n) is 4.82. The lowest BCUT2D eigenvalue weighted by Gasteiger charge is -2.16. The molecule has 0 saturated heterocycles. The first kappa shape index (κ1) is 12.9. The normalized spacial score (nSPS) is 18.3. The zero-order valence-corrected chi connectivity index (χ0v) is 11.7. The lowest BCUT2D eigenvalue weighted by molar-refractivity contribution is 0.186. The maximum Gasteiger partial charge on any atom is 0.125 e. The number of ether oxygens (including phenoxy) is 1. The van der Waals surface area contributed by atoms with Crippen LogP contribution in [0, 0.1) is 5.92 Å². The number of aliphatic hydroxyl groups is 1. The number of rotatable bonds is 4. The van der Waals surface area contributed by atoms with E-state index in [9.17, 15) is 5.11 Å². The molecule has 1 aliphatic carbocycles. The van der Waals surface area contributed by atoms with Gasteiger partial charge < -0.3 is 9.84 Å². The number of halogens is 1. The first-order valence-electron chi connectivity index (χ1n) is 6.27. The third kappa shape index (κ3) is 3.46. The maximum atomic E-state index is 9.72. The number of benzene rings is 1. The summed E-state index contributed by atoms with van der Waals surface area (Å²) in [7, 11) is 0. The Hall–Kier alpha value is -0.540. The highest BCUT2D eigenvalue weighted by Crippen LogP contribution is 2.30. The molecule has 1 atom stereocenters. The molecular weight excluding hydrogens is 280 g/mol. The smallest absolute Gasteiger partial charge is 0.125 e. The van der Waals surface area contributed by atoms with Crippen LogP contribution in [0.5, 0.6) is 5.75 Å². The molecule has 1 unspecified atom stereocenters. The minimum absolute atomic E-state index is 0.494. The molecule has 1 aromatic rings. The molecule has 3 heteroatoms. The van der Waals surface area contributed by atoms with E-state index in [1.165, 1.54) is 25.7 Å². The van der Waals surface area contributed by atoms with Crippen LogP contribution in [0.3, 0.4) is 0 Å². The summed E-state index contributed by atoms with van der Waals surface area (Å²) in [5.74, 6) is 1.51. The summed E-state index contributed by atoms with van der Waals surface area (Å²) < 4.78 is 6.83. The Morgan fingerprint density at radius 3 is 2.76 bits per heavy atom. The van der Waals surface area contributed by atoms with Gasteiger partial charge in [0.05, 0.1) is 12.7 Å². The minimum atomic E-state index is -0.494. The Bertz CT molecular complexity index is 370. The number of hydrogen-bond donors (Lipinski definition) is 1. The van der Waals surface area contributed by atoms with Gasteiger partial charge in [-0.15, -0.1) is 0 Å². The summed E-state index contributed by atoms with van der Waals surface area (Å²) in [5.41, 5.74) is 0.859. The highest BCUT2D eigenvalue weighted by molar-refractivity contribution is 9.10.